The molecule has 3 N–H and O–H groups in total. The zero-order valence-corrected chi connectivity index (χ0v) is 24.4. The van der Waals surface area contributed by atoms with Crippen molar-refractivity contribution in [2.45, 2.75) is 38.5 Å². The first-order chi connectivity index (χ1) is 20.9. The zero-order chi connectivity index (χ0) is 29.5. The predicted octanol–water partition coefficient (Wildman–Crippen LogP) is 6.33. The number of likely N-dealkylation sites (tertiary alicyclic amines) is 1. The topological polar surface area (TPSA) is 110 Å². The van der Waals surface area contributed by atoms with Crippen molar-refractivity contribution in [1.29, 1.82) is 0 Å². The van der Waals surface area contributed by atoms with E-state index < -0.39 is 5.97 Å². The number of pyridine rings is 2. The van der Waals surface area contributed by atoms with Gasteiger partial charge < -0.3 is 15.7 Å². The Morgan fingerprint density at radius 3 is 2.47 bits per heavy atom. The van der Waals surface area contributed by atoms with Crippen molar-refractivity contribution < 1.29 is 9.90 Å². The average molecular weight is 573 g/mol. The van der Waals surface area contributed by atoms with E-state index in [1.807, 2.05) is 42.5 Å². The third-order valence-corrected chi connectivity index (χ3v) is 9.26. The van der Waals surface area contributed by atoms with Crippen LogP contribution in [0.25, 0.3) is 39.5 Å². The van der Waals surface area contributed by atoms with Gasteiger partial charge in [-0.2, -0.15) is 0 Å². The minimum atomic E-state index is -0.631. The summed E-state index contributed by atoms with van der Waals surface area (Å²) < 4.78 is 2.12. The van der Waals surface area contributed by atoms with E-state index in [0.29, 0.717) is 17.7 Å². The van der Waals surface area contributed by atoms with Crippen molar-refractivity contribution in [1.82, 2.24) is 24.4 Å². The lowest BCUT2D eigenvalue weighted by atomic mass is 9.80. The van der Waals surface area contributed by atoms with Crippen LogP contribution in [0.4, 0.5) is 5.82 Å². The van der Waals surface area contributed by atoms with Crippen molar-refractivity contribution >= 4 is 23.0 Å². The van der Waals surface area contributed by atoms with Crippen LogP contribution in [0.5, 0.6) is 0 Å². The minimum Gasteiger partial charge on any atom is -0.481 e. The van der Waals surface area contributed by atoms with Crippen LogP contribution in [-0.4, -0.2) is 55.1 Å². The van der Waals surface area contributed by atoms with Gasteiger partial charge in [-0.25, -0.2) is 15.0 Å². The van der Waals surface area contributed by atoms with Crippen molar-refractivity contribution in [2.75, 3.05) is 25.4 Å². The highest BCUT2D eigenvalue weighted by Crippen LogP contribution is 2.36. The van der Waals surface area contributed by atoms with Crippen LogP contribution in [0.3, 0.4) is 0 Å². The first-order valence-corrected chi connectivity index (χ1v) is 15.2. The lowest BCUT2D eigenvalue weighted by Gasteiger charge is -2.42. The number of carboxylic acids is 1. The van der Waals surface area contributed by atoms with E-state index in [-0.39, 0.29) is 5.92 Å². The lowest BCUT2D eigenvalue weighted by molar-refractivity contribution is -0.143. The molecule has 5 aromatic rings. The molecule has 1 saturated carbocycles. The van der Waals surface area contributed by atoms with Crippen LogP contribution in [0.2, 0.25) is 0 Å². The number of imidazole rings is 1. The minimum absolute atomic E-state index is 0.148. The number of rotatable bonds is 7. The Morgan fingerprint density at radius 1 is 0.953 bits per heavy atom. The second-order valence-corrected chi connectivity index (χ2v) is 12.1. The van der Waals surface area contributed by atoms with Crippen LogP contribution < -0.4 is 5.73 Å². The summed E-state index contributed by atoms with van der Waals surface area (Å²) in [4.78, 5) is 28.3. The average Bonchev–Trinajstić information content (AvgIpc) is 3.38. The Bertz CT molecular complexity index is 1790. The number of carboxylic acid groups (broad SMARTS) is 1. The summed E-state index contributed by atoms with van der Waals surface area (Å²) in [5.74, 6) is 1.49. The predicted molar refractivity (Wildman–Crippen MR) is 169 cm³/mol. The van der Waals surface area contributed by atoms with E-state index in [1.165, 1.54) is 5.56 Å². The molecule has 2 aliphatic rings. The molecule has 0 bridgehead atoms. The smallest absolute Gasteiger partial charge is 0.306 e. The number of nitrogen functional groups attached to an aromatic ring is 1. The van der Waals surface area contributed by atoms with Gasteiger partial charge in [0.05, 0.1) is 22.9 Å². The molecular formula is C35H36N6O2. The lowest BCUT2D eigenvalue weighted by Crippen LogP contribution is -2.47. The third kappa shape index (κ3) is 5.27. The molecule has 8 nitrogen and oxygen atoms in total. The molecule has 1 aliphatic heterocycles. The van der Waals surface area contributed by atoms with Crippen LogP contribution in [0.15, 0.2) is 79.0 Å². The molecule has 0 spiro atoms. The SMILES string of the molecule is Cc1cc(C2CN(CC3CCC(C(=O)O)CC3)C2)ccc1-n1c(-c2cccnc2N)nc2ccc(-c3ccccc3)nc21. The highest BCUT2D eigenvalue weighted by atomic mass is 16.4. The maximum atomic E-state index is 11.3. The third-order valence-electron chi connectivity index (χ3n) is 9.26. The molecule has 2 aromatic carbocycles. The van der Waals surface area contributed by atoms with Gasteiger partial charge in [-0.15, -0.1) is 0 Å². The second-order valence-electron chi connectivity index (χ2n) is 12.1. The van der Waals surface area contributed by atoms with Gasteiger partial charge in [0.1, 0.15) is 11.3 Å². The Kier molecular flexibility index (Phi) is 7.15. The number of aliphatic carboxylic acids is 1. The summed E-state index contributed by atoms with van der Waals surface area (Å²) >= 11 is 0. The normalized spacial score (nSPS) is 19.4. The summed E-state index contributed by atoms with van der Waals surface area (Å²) in [6, 6.07) is 24.8. The highest BCUT2D eigenvalue weighted by molar-refractivity contribution is 5.85. The van der Waals surface area contributed by atoms with E-state index in [1.54, 1.807) is 6.20 Å². The molecule has 8 heteroatoms. The number of nitrogens with two attached hydrogens (primary N) is 1. The number of aromatic nitrogens is 4. The van der Waals surface area contributed by atoms with E-state index in [4.69, 9.17) is 15.7 Å². The van der Waals surface area contributed by atoms with Gasteiger partial charge in [0.25, 0.3) is 0 Å². The first-order valence-electron chi connectivity index (χ1n) is 15.2. The van der Waals surface area contributed by atoms with E-state index in [0.717, 1.165) is 90.4 Å². The molecular weight excluding hydrogens is 536 g/mol. The second kappa shape index (κ2) is 11.3. The van der Waals surface area contributed by atoms with E-state index in [2.05, 4.69) is 51.7 Å². The molecule has 0 unspecified atom stereocenters. The molecule has 7 rings (SSSR count). The summed E-state index contributed by atoms with van der Waals surface area (Å²) in [7, 11) is 0. The molecule has 2 fully saturated rings. The van der Waals surface area contributed by atoms with Gasteiger partial charge in [0.2, 0.25) is 0 Å². The Labute approximate surface area is 251 Å². The maximum Gasteiger partial charge on any atom is 0.306 e. The molecule has 3 aromatic heterocycles. The Balaban J connectivity index is 1.17. The van der Waals surface area contributed by atoms with Gasteiger partial charge in [-0.3, -0.25) is 9.36 Å². The molecule has 4 heterocycles. The fourth-order valence-corrected chi connectivity index (χ4v) is 6.81. The molecule has 1 aliphatic carbocycles. The van der Waals surface area contributed by atoms with Crippen LogP contribution in [-0.2, 0) is 4.79 Å². The quantitative estimate of drug-likeness (QED) is 0.234. The van der Waals surface area contributed by atoms with Crippen molar-refractivity contribution in [3.63, 3.8) is 0 Å². The highest BCUT2D eigenvalue weighted by Gasteiger charge is 2.33. The van der Waals surface area contributed by atoms with Crippen LogP contribution in [0, 0.1) is 18.8 Å². The molecule has 0 radical (unpaired) electrons. The molecule has 0 amide bonds. The Morgan fingerprint density at radius 2 is 1.74 bits per heavy atom. The van der Waals surface area contributed by atoms with Crippen LogP contribution in [0.1, 0.15) is 42.7 Å². The standard InChI is InChI=1S/C35H36N6O2/c1-22-18-26(27-20-40(21-27)19-23-9-11-25(12-10-23)35(42)43)13-16-31(22)41-33(28-8-5-17-37-32(28)36)39-30-15-14-29(38-34(30)41)24-6-3-2-4-7-24/h2-8,13-18,23,25,27H,9-12,19-21H2,1H3,(H2,36,37)(H,42,43). The molecule has 1 saturated heterocycles. The van der Waals surface area contributed by atoms with E-state index >= 15 is 0 Å². The van der Waals surface area contributed by atoms with E-state index in [9.17, 15) is 9.90 Å². The van der Waals surface area contributed by atoms with Gasteiger partial charge in [-0.1, -0.05) is 42.5 Å². The molecule has 218 valence electrons. The number of anilines is 1. The number of carbonyl (C=O) groups is 1. The summed E-state index contributed by atoms with van der Waals surface area (Å²) in [6.07, 6.45) is 5.37. The van der Waals surface area contributed by atoms with Crippen molar-refractivity contribution in [3.8, 4) is 28.3 Å². The van der Waals surface area contributed by atoms with Crippen molar-refractivity contribution in [3.05, 3.63) is 90.1 Å². The number of aryl methyl sites for hydroxylation is 1. The van der Waals surface area contributed by atoms with Gasteiger partial charge in [-0.05, 0) is 80.0 Å². The number of hydrogen-bond donors (Lipinski definition) is 2. The fraction of sp³-hybridized carbons (Fsp3) is 0.314. The van der Waals surface area contributed by atoms with Crippen LogP contribution >= 0.6 is 0 Å². The van der Waals surface area contributed by atoms with Gasteiger partial charge >= 0.3 is 5.97 Å². The summed E-state index contributed by atoms with van der Waals surface area (Å²) in [5.41, 5.74) is 14.2. The zero-order valence-electron chi connectivity index (χ0n) is 24.4. The number of fused-ring (bicyclic) bond motifs is 1. The van der Waals surface area contributed by atoms with Gasteiger partial charge in [0.15, 0.2) is 11.5 Å². The molecule has 0 atom stereocenters. The maximum absolute atomic E-state index is 11.3. The molecule has 43 heavy (non-hydrogen) atoms. The largest absolute Gasteiger partial charge is 0.481 e. The van der Waals surface area contributed by atoms with Crippen molar-refractivity contribution in [2.24, 2.45) is 11.8 Å². The first kappa shape index (κ1) is 27.3. The summed E-state index contributed by atoms with van der Waals surface area (Å²) in [6.45, 7) is 5.32. The number of benzene rings is 2. The Hall–Kier alpha value is -4.56. The van der Waals surface area contributed by atoms with Gasteiger partial charge in [0, 0.05) is 37.3 Å². The number of hydrogen-bond acceptors (Lipinski definition) is 6. The number of nitrogens with zero attached hydrogens (tertiary/aromatic N) is 5. The monoisotopic (exact) mass is 572 g/mol. The fourth-order valence-electron chi connectivity index (χ4n) is 6.81. The summed E-state index contributed by atoms with van der Waals surface area (Å²) in [5, 5.41) is 9.30.